The highest BCUT2D eigenvalue weighted by molar-refractivity contribution is 7.99. The standard InChI is InChI=1S/C10H12ClF3N2S/c1-7(4-15-6-10(12,13)14)17-9-3-2-8(11)5-16-9/h2-3,5,7,15H,4,6H2,1H3. The molecular formula is C10H12ClF3N2S. The second-order valence-corrected chi connectivity index (χ2v) is 5.38. The Morgan fingerprint density at radius 1 is 1.47 bits per heavy atom. The molecule has 0 fully saturated rings. The second-order valence-electron chi connectivity index (χ2n) is 3.49. The molecule has 0 spiro atoms. The molecule has 1 aromatic rings. The Morgan fingerprint density at radius 2 is 2.18 bits per heavy atom. The fraction of sp³-hybridized carbons (Fsp3) is 0.500. The summed E-state index contributed by atoms with van der Waals surface area (Å²) in [5.74, 6) is 0. The molecule has 0 saturated heterocycles. The van der Waals surface area contributed by atoms with Crippen molar-refractivity contribution in [1.82, 2.24) is 10.3 Å². The van der Waals surface area contributed by atoms with Gasteiger partial charge in [0.1, 0.15) is 0 Å². The lowest BCUT2D eigenvalue weighted by atomic mass is 10.4. The van der Waals surface area contributed by atoms with Gasteiger partial charge >= 0.3 is 6.18 Å². The number of thioether (sulfide) groups is 1. The van der Waals surface area contributed by atoms with Crippen LogP contribution in [0.25, 0.3) is 0 Å². The van der Waals surface area contributed by atoms with Crippen molar-refractivity contribution in [3.05, 3.63) is 23.4 Å². The van der Waals surface area contributed by atoms with E-state index < -0.39 is 12.7 Å². The van der Waals surface area contributed by atoms with Gasteiger partial charge in [0.2, 0.25) is 0 Å². The van der Waals surface area contributed by atoms with Crippen molar-refractivity contribution >= 4 is 23.4 Å². The Kier molecular flexibility index (Phi) is 5.55. The molecule has 1 atom stereocenters. The number of nitrogens with zero attached hydrogens (tertiary/aromatic N) is 1. The maximum atomic E-state index is 11.9. The molecule has 0 radical (unpaired) electrons. The van der Waals surface area contributed by atoms with Crippen molar-refractivity contribution in [3.8, 4) is 0 Å². The number of hydrogen-bond acceptors (Lipinski definition) is 3. The summed E-state index contributed by atoms with van der Waals surface area (Å²) in [6, 6.07) is 3.44. The number of halogens is 4. The fourth-order valence-electron chi connectivity index (χ4n) is 1.10. The molecule has 96 valence electrons. The van der Waals surface area contributed by atoms with Crippen LogP contribution in [-0.4, -0.2) is 29.5 Å². The molecule has 1 heterocycles. The predicted molar refractivity (Wildman–Crippen MR) is 63.5 cm³/mol. The maximum Gasteiger partial charge on any atom is 0.401 e. The summed E-state index contributed by atoms with van der Waals surface area (Å²) in [4.78, 5) is 4.06. The molecule has 2 nitrogen and oxygen atoms in total. The molecule has 0 amide bonds. The predicted octanol–water partition coefficient (Wildman–Crippen LogP) is 3.37. The van der Waals surface area contributed by atoms with Gasteiger partial charge in [0.05, 0.1) is 16.6 Å². The number of pyridine rings is 1. The minimum atomic E-state index is -4.16. The highest BCUT2D eigenvalue weighted by Gasteiger charge is 2.26. The minimum Gasteiger partial charge on any atom is -0.308 e. The average molecular weight is 285 g/mol. The third-order valence-electron chi connectivity index (χ3n) is 1.78. The van der Waals surface area contributed by atoms with Crippen LogP contribution >= 0.6 is 23.4 Å². The van der Waals surface area contributed by atoms with Gasteiger partial charge in [-0.15, -0.1) is 11.8 Å². The van der Waals surface area contributed by atoms with E-state index in [-0.39, 0.29) is 11.8 Å². The van der Waals surface area contributed by atoms with Crippen LogP contribution in [0.15, 0.2) is 23.4 Å². The lowest BCUT2D eigenvalue weighted by molar-refractivity contribution is -0.124. The first-order chi connectivity index (χ1) is 7.87. The zero-order chi connectivity index (χ0) is 12.9. The summed E-state index contributed by atoms with van der Waals surface area (Å²) in [6.45, 7) is 1.14. The molecule has 7 heteroatoms. The summed E-state index contributed by atoms with van der Waals surface area (Å²) in [5, 5.41) is 3.65. The Labute approximate surface area is 107 Å². The van der Waals surface area contributed by atoms with Crippen molar-refractivity contribution in [2.45, 2.75) is 23.4 Å². The van der Waals surface area contributed by atoms with Crippen LogP contribution < -0.4 is 5.32 Å². The third-order valence-corrected chi connectivity index (χ3v) is 3.06. The van der Waals surface area contributed by atoms with Gasteiger partial charge in [-0.1, -0.05) is 18.5 Å². The van der Waals surface area contributed by atoms with E-state index in [4.69, 9.17) is 11.6 Å². The van der Waals surface area contributed by atoms with Gasteiger partial charge in [0.25, 0.3) is 0 Å². The Balaban J connectivity index is 2.30. The van der Waals surface area contributed by atoms with E-state index in [1.54, 1.807) is 12.1 Å². The van der Waals surface area contributed by atoms with Gasteiger partial charge in [-0.05, 0) is 12.1 Å². The highest BCUT2D eigenvalue weighted by Crippen LogP contribution is 2.22. The van der Waals surface area contributed by atoms with Gasteiger partial charge in [0.15, 0.2) is 0 Å². The number of hydrogen-bond donors (Lipinski definition) is 1. The Bertz CT molecular complexity index is 342. The molecular weight excluding hydrogens is 273 g/mol. The smallest absolute Gasteiger partial charge is 0.308 e. The molecule has 0 bridgehead atoms. The Morgan fingerprint density at radius 3 is 2.71 bits per heavy atom. The minimum absolute atomic E-state index is 0.00558. The molecule has 0 saturated carbocycles. The molecule has 1 rings (SSSR count). The number of aromatic nitrogens is 1. The van der Waals surface area contributed by atoms with E-state index in [1.807, 2.05) is 6.92 Å². The van der Waals surface area contributed by atoms with Crippen LogP contribution in [0.5, 0.6) is 0 Å². The van der Waals surface area contributed by atoms with Crippen molar-refractivity contribution in [3.63, 3.8) is 0 Å². The first-order valence-electron chi connectivity index (χ1n) is 4.92. The van der Waals surface area contributed by atoms with Crippen molar-refractivity contribution in [2.24, 2.45) is 0 Å². The van der Waals surface area contributed by atoms with Crippen molar-refractivity contribution < 1.29 is 13.2 Å². The van der Waals surface area contributed by atoms with Crippen LogP contribution in [0.1, 0.15) is 6.92 Å². The average Bonchev–Trinajstić information content (AvgIpc) is 2.19. The van der Waals surface area contributed by atoms with Gasteiger partial charge < -0.3 is 5.32 Å². The van der Waals surface area contributed by atoms with E-state index in [1.165, 1.54) is 18.0 Å². The Hall–Kier alpha value is -0.460. The van der Waals surface area contributed by atoms with Gasteiger partial charge in [-0.3, -0.25) is 0 Å². The quantitative estimate of drug-likeness (QED) is 0.839. The first-order valence-corrected chi connectivity index (χ1v) is 6.18. The molecule has 1 unspecified atom stereocenters. The normalized spacial score (nSPS) is 13.7. The summed E-state index contributed by atoms with van der Waals surface area (Å²) in [7, 11) is 0. The fourth-order valence-corrected chi connectivity index (χ4v) is 2.08. The van der Waals surface area contributed by atoms with Crippen LogP contribution in [0.4, 0.5) is 13.2 Å². The molecule has 0 aliphatic carbocycles. The zero-order valence-corrected chi connectivity index (χ0v) is 10.7. The van der Waals surface area contributed by atoms with E-state index in [0.29, 0.717) is 5.02 Å². The topological polar surface area (TPSA) is 24.9 Å². The van der Waals surface area contributed by atoms with Crippen molar-refractivity contribution in [2.75, 3.05) is 13.1 Å². The van der Waals surface area contributed by atoms with Gasteiger partial charge in [-0.25, -0.2) is 4.98 Å². The van der Waals surface area contributed by atoms with Crippen LogP contribution in [-0.2, 0) is 0 Å². The lowest BCUT2D eigenvalue weighted by Gasteiger charge is -2.13. The molecule has 1 N–H and O–H groups in total. The van der Waals surface area contributed by atoms with Crippen molar-refractivity contribution in [1.29, 1.82) is 0 Å². The number of alkyl halides is 3. The lowest BCUT2D eigenvalue weighted by Crippen LogP contribution is -2.32. The van der Waals surface area contributed by atoms with Gasteiger partial charge in [-0.2, -0.15) is 13.2 Å². The molecule has 0 aromatic carbocycles. The maximum absolute atomic E-state index is 11.9. The summed E-state index contributed by atoms with van der Waals surface area (Å²) in [6.07, 6.45) is -2.65. The number of rotatable bonds is 5. The summed E-state index contributed by atoms with van der Waals surface area (Å²) in [5.41, 5.74) is 0. The molecule has 0 aliphatic heterocycles. The largest absolute Gasteiger partial charge is 0.401 e. The second kappa shape index (κ2) is 6.47. The molecule has 1 aromatic heterocycles. The first kappa shape index (κ1) is 14.6. The van der Waals surface area contributed by atoms with Crippen LogP contribution in [0, 0.1) is 0 Å². The zero-order valence-electron chi connectivity index (χ0n) is 9.09. The number of nitrogens with one attached hydrogen (secondary N) is 1. The third kappa shape index (κ3) is 6.75. The monoisotopic (exact) mass is 284 g/mol. The summed E-state index contributed by atoms with van der Waals surface area (Å²) >= 11 is 7.08. The van der Waals surface area contributed by atoms with E-state index >= 15 is 0 Å². The highest BCUT2D eigenvalue weighted by atomic mass is 35.5. The van der Waals surface area contributed by atoms with Crippen LogP contribution in [0.3, 0.4) is 0 Å². The summed E-state index contributed by atoms with van der Waals surface area (Å²) < 4.78 is 35.6. The van der Waals surface area contributed by atoms with E-state index in [2.05, 4.69) is 10.3 Å². The molecule has 17 heavy (non-hydrogen) atoms. The SMILES string of the molecule is CC(CNCC(F)(F)F)Sc1ccc(Cl)cn1. The van der Waals surface area contributed by atoms with E-state index in [9.17, 15) is 13.2 Å². The van der Waals surface area contributed by atoms with Gasteiger partial charge in [0, 0.05) is 18.0 Å². The van der Waals surface area contributed by atoms with Crippen LogP contribution in [0.2, 0.25) is 5.02 Å². The molecule has 0 aliphatic rings. The van der Waals surface area contributed by atoms with E-state index in [0.717, 1.165) is 5.03 Å².